The summed E-state index contributed by atoms with van der Waals surface area (Å²) in [7, 11) is 1.54. The van der Waals surface area contributed by atoms with E-state index in [9.17, 15) is 9.59 Å². The quantitative estimate of drug-likeness (QED) is 0.482. The first-order valence-electron chi connectivity index (χ1n) is 8.34. The summed E-state index contributed by atoms with van der Waals surface area (Å²) in [6.07, 6.45) is 5.51. The molecule has 1 heterocycles. The molecule has 1 aromatic heterocycles. The molecule has 24 heavy (non-hydrogen) atoms. The number of hydrogen-bond donors (Lipinski definition) is 1. The Bertz CT molecular complexity index is 808. The van der Waals surface area contributed by atoms with Gasteiger partial charge in [-0.2, -0.15) is 10.2 Å². The minimum atomic E-state index is -0.408. The topological polar surface area (TPSA) is 76.3 Å². The number of fused-ring (bicyclic) bond motifs is 1. The molecule has 1 aromatic carbocycles. The van der Waals surface area contributed by atoms with Crippen LogP contribution >= 0.6 is 0 Å². The maximum Gasteiger partial charge on any atom is 0.292 e. The lowest BCUT2D eigenvalue weighted by Gasteiger charge is -2.07. The van der Waals surface area contributed by atoms with Crippen molar-refractivity contribution in [2.24, 2.45) is 12.1 Å². The summed E-state index contributed by atoms with van der Waals surface area (Å²) in [6, 6.07) is 6.96. The lowest BCUT2D eigenvalue weighted by molar-refractivity contribution is 0.0949. The van der Waals surface area contributed by atoms with Crippen LogP contribution in [-0.4, -0.2) is 21.4 Å². The van der Waals surface area contributed by atoms with Gasteiger partial charge in [0.15, 0.2) is 5.69 Å². The van der Waals surface area contributed by atoms with E-state index in [4.69, 9.17) is 0 Å². The van der Waals surface area contributed by atoms with Crippen LogP contribution in [0.25, 0.3) is 10.8 Å². The van der Waals surface area contributed by atoms with Gasteiger partial charge < -0.3 is 0 Å². The zero-order valence-corrected chi connectivity index (χ0v) is 14.5. The summed E-state index contributed by atoms with van der Waals surface area (Å²) in [4.78, 5) is 24.5. The van der Waals surface area contributed by atoms with E-state index in [2.05, 4.69) is 22.5 Å². The second-order valence-corrected chi connectivity index (χ2v) is 5.92. The van der Waals surface area contributed by atoms with Gasteiger partial charge in [0.25, 0.3) is 11.5 Å². The van der Waals surface area contributed by atoms with Crippen LogP contribution in [0, 0.1) is 0 Å². The monoisotopic (exact) mass is 328 g/mol. The molecule has 2 aromatic rings. The Labute approximate surface area is 141 Å². The Balaban J connectivity index is 2.14. The van der Waals surface area contributed by atoms with E-state index in [1.165, 1.54) is 31.0 Å². The number of rotatable bonds is 7. The van der Waals surface area contributed by atoms with Gasteiger partial charge in [-0.25, -0.2) is 10.1 Å². The highest BCUT2D eigenvalue weighted by atomic mass is 16.2. The number of carbonyl (C=O) groups is 1. The molecule has 128 valence electrons. The molecule has 2 rings (SSSR count). The Kier molecular flexibility index (Phi) is 6.23. The molecular weight excluding hydrogens is 304 g/mol. The molecular formula is C18H24N4O2. The number of nitrogens with zero attached hydrogens (tertiary/aromatic N) is 3. The third kappa shape index (κ3) is 4.28. The van der Waals surface area contributed by atoms with Gasteiger partial charge in [-0.15, -0.1) is 0 Å². The van der Waals surface area contributed by atoms with E-state index in [-0.39, 0.29) is 11.3 Å². The van der Waals surface area contributed by atoms with Gasteiger partial charge in [0.1, 0.15) is 0 Å². The van der Waals surface area contributed by atoms with Gasteiger partial charge in [-0.3, -0.25) is 9.59 Å². The fourth-order valence-electron chi connectivity index (χ4n) is 2.53. The fraction of sp³-hybridized carbons (Fsp3) is 0.444. The molecule has 0 radical (unpaired) electrons. The molecule has 0 aliphatic heterocycles. The third-order valence-electron chi connectivity index (χ3n) is 3.91. The Hall–Kier alpha value is -2.50. The number of unbranched alkanes of at least 4 members (excludes halogenated alkanes) is 3. The maximum atomic E-state index is 12.4. The molecule has 1 amide bonds. The van der Waals surface area contributed by atoms with E-state index in [0.717, 1.165) is 18.6 Å². The summed E-state index contributed by atoms with van der Waals surface area (Å²) in [6.45, 7) is 4.07. The van der Waals surface area contributed by atoms with Crippen LogP contribution in [0.15, 0.2) is 34.2 Å². The first kappa shape index (κ1) is 17.8. The Morgan fingerprint density at radius 1 is 1.21 bits per heavy atom. The highest BCUT2D eigenvalue weighted by Crippen LogP contribution is 2.12. The van der Waals surface area contributed by atoms with Crippen LogP contribution in [0.4, 0.5) is 0 Å². The van der Waals surface area contributed by atoms with Crippen LogP contribution in [0.5, 0.6) is 0 Å². The molecule has 0 unspecified atom stereocenters. The van der Waals surface area contributed by atoms with Crippen LogP contribution in [0.2, 0.25) is 0 Å². The normalized spacial score (nSPS) is 11.7. The molecule has 1 N–H and O–H groups in total. The molecule has 0 bridgehead atoms. The van der Waals surface area contributed by atoms with E-state index in [1.54, 1.807) is 24.3 Å². The van der Waals surface area contributed by atoms with E-state index in [0.29, 0.717) is 10.8 Å². The maximum absolute atomic E-state index is 12.4. The summed E-state index contributed by atoms with van der Waals surface area (Å²) >= 11 is 0. The first-order valence-corrected chi connectivity index (χ1v) is 8.34. The summed E-state index contributed by atoms with van der Waals surface area (Å²) in [5.41, 5.74) is 3.41. The number of hydrazone groups is 1. The van der Waals surface area contributed by atoms with Crippen LogP contribution in [-0.2, 0) is 7.05 Å². The van der Waals surface area contributed by atoms with Crippen molar-refractivity contribution in [3.63, 3.8) is 0 Å². The minimum absolute atomic E-state index is 0.204. The first-order chi connectivity index (χ1) is 11.5. The van der Waals surface area contributed by atoms with Gasteiger partial charge in [-0.05, 0) is 25.8 Å². The van der Waals surface area contributed by atoms with Gasteiger partial charge in [0.2, 0.25) is 0 Å². The SMILES string of the molecule is CCCCCC/C(C)=N/NC(=O)c1nn(C)c(=O)c2ccccc12. The largest absolute Gasteiger partial charge is 0.292 e. The predicted octanol–water partition coefficient (Wildman–Crippen LogP) is 3.01. The second-order valence-electron chi connectivity index (χ2n) is 5.92. The van der Waals surface area contributed by atoms with Crippen LogP contribution < -0.4 is 11.0 Å². The van der Waals surface area contributed by atoms with Gasteiger partial charge in [0.05, 0.1) is 5.39 Å². The standard InChI is InChI=1S/C18H24N4O2/c1-4-5-6-7-10-13(2)19-20-17(23)16-14-11-8-9-12-15(14)18(24)22(3)21-16/h8-9,11-12H,4-7,10H2,1-3H3,(H,20,23)/b19-13+. The molecule has 0 spiro atoms. The fourth-order valence-corrected chi connectivity index (χ4v) is 2.53. The number of nitrogens with one attached hydrogen (secondary N) is 1. The number of benzene rings is 1. The molecule has 6 nitrogen and oxygen atoms in total. The van der Waals surface area contributed by atoms with Crippen molar-refractivity contribution in [2.75, 3.05) is 0 Å². The summed E-state index contributed by atoms with van der Waals surface area (Å²) in [5, 5.41) is 9.24. The van der Waals surface area contributed by atoms with E-state index >= 15 is 0 Å². The van der Waals surface area contributed by atoms with E-state index in [1.807, 2.05) is 6.92 Å². The van der Waals surface area contributed by atoms with Gasteiger partial charge >= 0.3 is 0 Å². The van der Waals surface area contributed by atoms with Crippen molar-refractivity contribution >= 4 is 22.4 Å². The zero-order valence-electron chi connectivity index (χ0n) is 14.5. The molecule has 0 saturated heterocycles. The van der Waals surface area contributed by atoms with Crippen molar-refractivity contribution < 1.29 is 4.79 Å². The highest BCUT2D eigenvalue weighted by Gasteiger charge is 2.15. The molecule has 6 heteroatoms. The molecule has 0 atom stereocenters. The second kappa shape index (κ2) is 8.38. The number of amides is 1. The average molecular weight is 328 g/mol. The van der Waals surface area contributed by atoms with E-state index < -0.39 is 5.91 Å². The number of aromatic nitrogens is 2. The van der Waals surface area contributed by atoms with Crippen molar-refractivity contribution in [3.8, 4) is 0 Å². The lowest BCUT2D eigenvalue weighted by atomic mass is 10.1. The number of aryl methyl sites for hydroxylation is 1. The van der Waals surface area contributed by atoms with Crippen LogP contribution in [0.1, 0.15) is 56.4 Å². The lowest BCUT2D eigenvalue weighted by Crippen LogP contribution is -2.27. The summed E-state index contributed by atoms with van der Waals surface area (Å²) < 4.78 is 1.18. The van der Waals surface area contributed by atoms with Crippen molar-refractivity contribution in [1.82, 2.24) is 15.2 Å². The van der Waals surface area contributed by atoms with Crippen molar-refractivity contribution in [1.29, 1.82) is 0 Å². The van der Waals surface area contributed by atoms with Crippen molar-refractivity contribution in [3.05, 3.63) is 40.3 Å². The Morgan fingerprint density at radius 3 is 2.62 bits per heavy atom. The van der Waals surface area contributed by atoms with Crippen molar-refractivity contribution in [2.45, 2.75) is 46.0 Å². The Morgan fingerprint density at radius 2 is 1.92 bits per heavy atom. The molecule has 0 aliphatic rings. The summed E-state index contributed by atoms with van der Waals surface area (Å²) in [5.74, 6) is -0.408. The minimum Gasteiger partial charge on any atom is -0.267 e. The third-order valence-corrected chi connectivity index (χ3v) is 3.91. The molecule has 0 saturated carbocycles. The smallest absolute Gasteiger partial charge is 0.267 e. The molecule has 0 fully saturated rings. The number of carbonyl (C=O) groups excluding carboxylic acids is 1. The zero-order chi connectivity index (χ0) is 17.5. The number of hydrogen-bond acceptors (Lipinski definition) is 4. The van der Waals surface area contributed by atoms with Crippen LogP contribution in [0.3, 0.4) is 0 Å². The average Bonchev–Trinajstić information content (AvgIpc) is 2.59. The van der Waals surface area contributed by atoms with Gasteiger partial charge in [0, 0.05) is 18.1 Å². The predicted molar refractivity (Wildman–Crippen MR) is 96.3 cm³/mol. The highest BCUT2D eigenvalue weighted by molar-refractivity contribution is 6.05. The van der Waals surface area contributed by atoms with Gasteiger partial charge in [-0.1, -0.05) is 44.4 Å². The molecule has 0 aliphatic carbocycles.